The van der Waals surface area contributed by atoms with E-state index >= 15 is 0 Å². The summed E-state index contributed by atoms with van der Waals surface area (Å²) in [6, 6.07) is 26.8. The number of esters is 1. The number of hydrogen-bond acceptors (Lipinski definition) is 5. The molecule has 3 aliphatic carbocycles. The molecule has 0 aromatic heterocycles. The van der Waals surface area contributed by atoms with Crippen molar-refractivity contribution in [2.75, 3.05) is 16.8 Å². The van der Waals surface area contributed by atoms with Crippen LogP contribution in [0, 0.1) is 11.8 Å². The van der Waals surface area contributed by atoms with Crippen molar-refractivity contribution in [3.8, 4) is 0 Å². The van der Waals surface area contributed by atoms with E-state index in [1.54, 1.807) is 24.3 Å². The Labute approximate surface area is 251 Å². The Bertz CT molecular complexity index is 1710. The van der Waals surface area contributed by atoms with Crippen LogP contribution in [0.1, 0.15) is 44.4 Å². The predicted octanol–water partition coefficient (Wildman–Crippen LogP) is 6.19. The number of carbonyl (C=O) groups is 4. The number of halogens is 2. The third-order valence-corrected chi connectivity index (χ3v) is 8.91. The highest BCUT2D eigenvalue weighted by atomic mass is 35.5. The van der Waals surface area contributed by atoms with E-state index in [0.29, 0.717) is 5.02 Å². The lowest BCUT2D eigenvalue weighted by Gasteiger charge is -2.45. The van der Waals surface area contributed by atoms with Gasteiger partial charge in [-0.25, -0.2) is 9.69 Å². The van der Waals surface area contributed by atoms with Crippen LogP contribution in [0.15, 0.2) is 91.0 Å². The van der Waals surface area contributed by atoms with Crippen molar-refractivity contribution in [1.82, 2.24) is 0 Å². The van der Waals surface area contributed by atoms with Crippen molar-refractivity contribution < 1.29 is 23.9 Å². The van der Waals surface area contributed by atoms with E-state index < -0.39 is 30.3 Å². The highest BCUT2D eigenvalue weighted by molar-refractivity contribution is 6.35. The molecule has 0 spiro atoms. The molecule has 8 rings (SSSR count). The highest BCUT2D eigenvalue weighted by Crippen LogP contribution is 2.61. The van der Waals surface area contributed by atoms with Crippen LogP contribution in [0.5, 0.6) is 0 Å². The van der Waals surface area contributed by atoms with Gasteiger partial charge < -0.3 is 10.1 Å². The van der Waals surface area contributed by atoms with Gasteiger partial charge in [-0.15, -0.1) is 0 Å². The zero-order valence-electron chi connectivity index (χ0n) is 21.9. The van der Waals surface area contributed by atoms with Gasteiger partial charge in [0, 0.05) is 16.9 Å². The molecule has 3 amide bonds. The average Bonchev–Trinajstić information content (AvgIpc) is 3.27. The van der Waals surface area contributed by atoms with Gasteiger partial charge in [-0.1, -0.05) is 83.9 Å². The number of benzene rings is 4. The van der Waals surface area contributed by atoms with E-state index in [1.807, 2.05) is 48.5 Å². The van der Waals surface area contributed by atoms with Gasteiger partial charge in [0.05, 0.1) is 33.8 Å². The first-order valence-corrected chi connectivity index (χ1v) is 14.2. The molecule has 2 atom stereocenters. The predicted molar refractivity (Wildman–Crippen MR) is 158 cm³/mol. The van der Waals surface area contributed by atoms with E-state index in [2.05, 4.69) is 5.32 Å². The number of imide groups is 1. The lowest BCUT2D eigenvalue weighted by atomic mass is 9.55. The minimum atomic E-state index is -0.844. The van der Waals surface area contributed by atoms with Crippen molar-refractivity contribution in [3.05, 3.63) is 129 Å². The maximum Gasteiger partial charge on any atom is 0.340 e. The van der Waals surface area contributed by atoms with Gasteiger partial charge in [0.2, 0.25) is 11.8 Å². The maximum atomic E-state index is 14.1. The summed E-state index contributed by atoms with van der Waals surface area (Å²) in [7, 11) is 0. The van der Waals surface area contributed by atoms with E-state index in [1.165, 1.54) is 18.2 Å². The minimum Gasteiger partial charge on any atom is -0.452 e. The Morgan fingerprint density at radius 2 is 1.26 bits per heavy atom. The van der Waals surface area contributed by atoms with Crippen molar-refractivity contribution >= 4 is 58.3 Å². The zero-order valence-corrected chi connectivity index (χ0v) is 23.4. The van der Waals surface area contributed by atoms with Gasteiger partial charge in [-0.05, 0) is 52.6 Å². The molecule has 0 saturated carbocycles. The number of anilines is 2. The van der Waals surface area contributed by atoms with Crippen molar-refractivity contribution in [1.29, 1.82) is 0 Å². The second-order valence-electron chi connectivity index (χ2n) is 10.5. The Hall–Kier alpha value is -4.46. The number of carbonyl (C=O) groups excluding carboxylic acids is 4. The average molecular weight is 597 g/mol. The summed E-state index contributed by atoms with van der Waals surface area (Å²) in [6.45, 7) is -0.613. The van der Waals surface area contributed by atoms with Gasteiger partial charge in [0.15, 0.2) is 6.61 Å². The first-order valence-electron chi connectivity index (χ1n) is 13.4. The molecule has 208 valence electrons. The fourth-order valence-electron chi connectivity index (χ4n) is 6.74. The molecular formula is C33H22Cl2N2O5. The molecule has 1 N–H and O–H groups in total. The number of nitrogens with one attached hydrogen (secondary N) is 1. The van der Waals surface area contributed by atoms with Crippen molar-refractivity contribution in [2.24, 2.45) is 11.8 Å². The molecule has 42 heavy (non-hydrogen) atoms. The van der Waals surface area contributed by atoms with Gasteiger partial charge >= 0.3 is 5.97 Å². The molecular weight excluding hydrogens is 575 g/mol. The second kappa shape index (κ2) is 10.1. The number of hydrogen-bond donors (Lipinski definition) is 1. The third kappa shape index (κ3) is 4.03. The number of para-hydroxylation sites is 1. The molecule has 1 fully saturated rings. The molecule has 4 aromatic rings. The summed E-state index contributed by atoms with van der Waals surface area (Å²) in [6.07, 6.45) is 0. The largest absolute Gasteiger partial charge is 0.452 e. The summed E-state index contributed by atoms with van der Waals surface area (Å²) in [5.74, 6) is -3.89. The van der Waals surface area contributed by atoms with E-state index in [9.17, 15) is 19.2 Å². The zero-order chi connectivity index (χ0) is 29.1. The highest BCUT2D eigenvalue weighted by Gasteiger charge is 2.62. The second-order valence-corrected chi connectivity index (χ2v) is 11.4. The first kappa shape index (κ1) is 26.4. The van der Waals surface area contributed by atoms with Crippen LogP contribution in [0.25, 0.3) is 0 Å². The van der Waals surface area contributed by atoms with Crippen LogP contribution in [-0.4, -0.2) is 30.3 Å². The van der Waals surface area contributed by atoms with Crippen molar-refractivity contribution in [3.63, 3.8) is 0 Å². The Kier molecular flexibility index (Phi) is 6.37. The third-order valence-electron chi connectivity index (χ3n) is 8.35. The van der Waals surface area contributed by atoms with Crippen LogP contribution < -0.4 is 10.2 Å². The fraction of sp³-hybridized carbons (Fsp3) is 0.152. The first-order chi connectivity index (χ1) is 20.3. The van der Waals surface area contributed by atoms with Gasteiger partial charge in [-0.2, -0.15) is 0 Å². The number of nitrogens with zero attached hydrogens (tertiary/aromatic N) is 1. The molecule has 4 aliphatic rings. The Morgan fingerprint density at radius 3 is 1.83 bits per heavy atom. The van der Waals surface area contributed by atoms with Gasteiger partial charge in [0.1, 0.15) is 0 Å². The summed E-state index contributed by atoms with van der Waals surface area (Å²) in [4.78, 5) is 55.1. The van der Waals surface area contributed by atoms with Crippen LogP contribution in [0.2, 0.25) is 10.0 Å². The molecule has 1 saturated heterocycles. The molecule has 1 aliphatic heterocycles. The van der Waals surface area contributed by atoms with Crippen LogP contribution in [0.4, 0.5) is 11.4 Å². The molecule has 2 bridgehead atoms. The molecule has 9 heteroatoms. The standard InChI is InChI=1S/C33H22Cl2N2O5/c34-17-13-14-23(35)24(15-17)36-26(38)16-42-33(41)22-11-5-6-12-25(22)37-31(39)29-27-18-7-1-2-8-19(18)28(30(29)32(37)40)21-10-4-3-9-20(21)27/h1-15,27-30H,16H2,(H,36,38)/t27?,28?,29-,30+. The van der Waals surface area contributed by atoms with Crippen LogP contribution >= 0.6 is 23.2 Å². The van der Waals surface area contributed by atoms with E-state index in [4.69, 9.17) is 27.9 Å². The Balaban J connectivity index is 1.17. The quantitative estimate of drug-likeness (QED) is 0.219. The molecule has 0 unspecified atom stereocenters. The lowest BCUT2D eigenvalue weighted by molar-refractivity contribution is -0.122. The van der Waals surface area contributed by atoms with Gasteiger partial charge in [0.25, 0.3) is 5.91 Å². The molecule has 4 aromatic carbocycles. The summed E-state index contributed by atoms with van der Waals surface area (Å²) in [5, 5.41) is 3.21. The number of amides is 3. The smallest absolute Gasteiger partial charge is 0.340 e. The fourth-order valence-corrected chi connectivity index (χ4v) is 7.08. The summed E-state index contributed by atoms with van der Waals surface area (Å²) >= 11 is 12.1. The minimum absolute atomic E-state index is 0.00816. The normalized spacial score (nSPS) is 21.4. The number of rotatable bonds is 5. The Morgan fingerprint density at radius 1 is 0.738 bits per heavy atom. The topological polar surface area (TPSA) is 92.8 Å². The van der Waals surface area contributed by atoms with Crippen LogP contribution in [-0.2, 0) is 19.1 Å². The van der Waals surface area contributed by atoms with Gasteiger partial charge in [-0.3, -0.25) is 14.4 Å². The number of ether oxygens (including phenoxy) is 1. The van der Waals surface area contributed by atoms with Crippen molar-refractivity contribution in [2.45, 2.75) is 11.8 Å². The lowest BCUT2D eigenvalue weighted by Crippen LogP contribution is -2.41. The maximum absolute atomic E-state index is 14.1. The molecule has 1 heterocycles. The summed E-state index contributed by atoms with van der Waals surface area (Å²) in [5.41, 5.74) is 4.66. The van der Waals surface area contributed by atoms with Crippen LogP contribution in [0.3, 0.4) is 0 Å². The SMILES string of the molecule is O=C(COC(=O)c1ccccc1N1C(=O)[C@@H]2C3c4ccccc4C(c4ccccc43)[C@@H]2C1=O)Nc1cc(Cl)ccc1Cl. The summed E-state index contributed by atoms with van der Waals surface area (Å²) < 4.78 is 5.30. The molecule has 0 radical (unpaired) electrons. The molecule has 7 nitrogen and oxygen atoms in total. The monoisotopic (exact) mass is 596 g/mol. The van der Waals surface area contributed by atoms with E-state index in [-0.39, 0.29) is 45.6 Å². The van der Waals surface area contributed by atoms with E-state index in [0.717, 1.165) is 27.2 Å².